The number of ketones is 1. The van der Waals surface area contributed by atoms with Gasteiger partial charge in [-0.1, -0.05) is 52.0 Å². The number of hydrogen-bond acceptors (Lipinski definition) is 6. The van der Waals surface area contributed by atoms with Crippen LogP contribution < -0.4 is 0 Å². The highest BCUT2D eigenvalue weighted by atomic mass is 79.9. The van der Waals surface area contributed by atoms with E-state index in [9.17, 15) is 4.79 Å². The normalized spacial score (nSPS) is 16.7. The molecule has 3 aromatic rings. The van der Waals surface area contributed by atoms with Crippen molar-refractivity contribution in [2.24, 2.45) is 0 Å². The highest BCUT2D eigenvalue weighted by Gasteiger charge is 2.23. The molecule has 1 atom stereocenters. The van der Waals surface area contributed by atoms with Crippen LogP contribution in [0.3, 0.4) is 0 Å². The highest BCUT2D eigenvalue weighted by molar-refractivity contribution is 9.10. The molecule has 0 bridgehead atoms. The number of hydrogen-bond donors (Lipinski definition) is 0. The Morgan fingerprint density at radius 2 is 2.19 bits per heavy atom. The van der Waals surface area contributed by atoms with Crippen molar-refractivity contribution >= 4 is 44.8 Å². The zero-order valence-corrected chi connectivity index (χ0v) is 17.7. The van der Waals surface area contributed by atoms with Gasteiger partial charge in [-0.2, -0.15) is 0 Å². The first-order valence-electron chi connectivity index (χ1n) is 8.71. The number of thioether (sulfide) groups is 1. The molecule has 0 aliphatic carbocycles. The van der Waals surface area contributed by atoms with Crippen molar-refractivity contribution in [1.82, 2.24) is 14.8 Å². The van der Waals surface area contributed by atoms with Gasteiger partial charge in [-0.05, 0) is 30.4 Å². The summed E-state index contributed by atoms with van der Waals surface area (Å²) in [6, 6.07) is 11.5. The molecule has 4 rings (SSSR count). The molecule has 8 heteroatoms. The van der Waals surface area contributed by atoms with E-state index in [2.05, 4.69) is 30.7 Å². The van der Waals surface area contributed by atoms with E-state index in [0.717, 1.165) is 39.8 Å². The molecule has 0 amide bonds. The molecule has 0 unspecified atom stereocenters. The first-order valence-corrected chi connectivity index (χ1v) is 11.4. The molecule has 0 spiro atoms. The minimum Gasteiger partial charge on any atom is -0.376 e. The van der Waals surface area contributed by atoms with Crippen LogP contribution >= 0.6 is 39.0 Å². The number of rotatable bonds is 7. The van der Waals surface area contributed by atoms with Crippen LogP contribution in [0, 0.1) is 0 Å². The van der Waals surface area contributed by atoms with Gasteiger partial charge in [0, 0.05) is 16.6 Å². The Labute approximate surface area is 174 Å². The lowest BCUT2D eigenvalue weighted by Crippen LogP contribution is -2.17. The Balaban J connectivity index is 1.55. The molecule has 0 saturated carbocycles. The van der Waals surface area contributed by atoms with E-state index >= 15 is 0 Å². The number of carbonyl (C=O) groups is 1. The predicted octanol–water partition coefficient (Wildman–Crippen LogP) is 4.92. The van der Waals surface area contributed by atoms with Gasteiger partial charge in [0.25, 0.3) is 0 Å². The monoisotopic (exact) mass is 463 g/mol. The summed E-state index contributed by atoms with van der Waals surface area (Å²) in [6.07, 6.45) is 2.31. The second-order valence-corrected chi connectivity index (χ2v) is 8.97. The summed E-state index contributed by atoms with van der Waals surface area (Å²) in [4.78, 5) is 13.7. The van der Waals surface area contributed by atoms with Crippen LogP contribution in [0.2, 0.25) is 0 Å². The van der Waals surface area contributed by atoms with Crippen molar-refractivity contribution in [1.29, 1.82) is 0 Å². The van der Waals surface area contributed by atoms with Crippen LogP contribution in [-0.4, -0.2) is 39.0 Å². The molecule has 1 aliphatic rings. The van der Waals surface area contributed by atoms with Gasteiger partial charge in [0.2, 0.25) is 0 Å². The van der Waals surface area contributed by atoms with Gasteiger partial charge in [0.15, 0.2) is 16.8 Å². The second-order valence-electron chi connectivity index (χ2n) is 6.22. The Bertz CT molecular complexity index is 921. The van der Waals surface area contributed by atoms with Crippen LogP contribution in [0.25, 0.3) is 10.7 Å². The summed E-state index contributed by atoms with van der Waals surface area (Å²) < 4.78 is 8.72. The zero-order chi connectivity index (χ0) is 18.6. The molecule has 140 valence electrons. The van der Waals surface area contributed by atoms with E-state index in [1.165, 1.54) is 11.8 Å². The molecule has 1 fully saturated rings. The molecule has 1 aliphatic heterocycles. The molecule has 1 aromatic carbocycles. The van der Waals surface area contributed by atoms with Gasteiger partial charge in [0.05, 0.1) is 23.3 Å². The highest BCUT2D eigenvalue weighted by Crippen LogP contribution is 2.29. The Hall–Kier alpha value is -1.48. The standard InChI is InChI=1S/C19H18BrN3O2S2/c20-15-7-2-1-6-14(15)16(24)12-27-19-22-21-18(17-8-4-10-26-17)23(19)11-13-5-3-9-25-13/h1-2,4,6-8,10,13H,3,5,9,11-12H2/t13-/m0/s1. The van der Waals surface area contributed by atoms with Crippen molar-refractivity contribution in [2.75, 3.05) is 12.4 Å². The van der Waals surface area contributed by atoms with Crippen molar-refractivity contribution in [3.63, 3.8) is 0 Å². The van der Waals surface area contributed by atoms with Gasteiger partial charge in [0.1, 0.15) is 0 Å². The Morgan fingerprint density at radius 3 is 2.93 bits per heavy atom. The third-order valence-electron chi connectivity index (χ3n) is 4.38. The topological polar surface area (TPSA) is 57.0 Å². The van der Waals surface area contributed by atoms with E-state index in [1.807, 2.05) is 41.8 Å². The molecule has 0 N–H and O–H groups in total. The number of ether oxygens (including phenoxy) is 1. The smallest absolute Gasteiger partial charge is 0.192 e. The largest absolute Gasteiger partial charge is 0.376 e. The minimum atomic E-state index is 0.0665. The van der Waals surface area contributed by atoms with Crippen LogP contribution in [0.1, 0.15) is 23.2 Å². The summed E-state index contributed by atoms with van der Waals surface area (Å²) >= 11 is 6.51. The minimum absolute atomic E-state index is 0.0665. The number of thiophene rings is 1. The molecule has 1 saturated heterocycles. The third-order valence-corrected chi connectivity index (χ3v) is 6.90. The lowest BCUT2D eigenvalue weighted by Gasteiger charge is -2.14. The van der Waals surface area contributed by atoms with Crippen LogP contribution in [0.4, 0.5) is 0 Å². The molecule has 0 radical (unpaired) electrons. The lowest BCUT2D eigenvalue weighted by atomic mass is 10.1. The maximum atomic E-state index is 12.6. The average Bonchev–Trinajstić information content (AvgIpc) is 3.43. The van der Waals surface area contributed by atoms with Gasteiger partial charge >= 0.3 is 0 Å². The van der Waals surface area contributed by atoms with Crippen LogP contribution in [0.15, 0.2) is 51.4 Å². The summed E-state index contributed by atoms with van der Waals surface area (Å²) in [6.45, 7) is 1.52. The third kappa shape index (κ3) is 4.34. The fraction of sp³-hybridized carbons (Fsp3) is 0.316. The fourth-order valence-corrected chi connectivity index (χ4v) is 5.09. The van der Waals surface area contributed by atoms with E-state index in [-0.39, 0.29) is 11.9 Å². The molecular formula is C19H18BrN3O2S2. The summed E-state index contributed by atoms with van der Waals surface area (Å²) in [5.74, 6) is 1.23. The average molecular weight is 464 g/mol. The van der Waals surface area contributed by atoms with Crippen molar-refractivity contribution in [2.45, 2.75) is 30.6 Å². The number of aromatic nitrogens is 3. The van der Waals surface area contributed by atoms with Gasteiger partial charge in [-0.25, -0.2) is 0 Å². The number of halogens is 1. The first-order chi connectivity index (χ1) is 13.2. The van der Waals surface area contributed by atoms with Crippen LogP contribution in [0.5, 0.6) is 0 Å². The Kier molecular flexibility index (Phi) is 6.07. The molecule has 27 heavy (non-hydrogen) atoms. The van der Waals surface area contributed by atoms with Crippen molar-refractivity contribution < 1.29 is 9.53 Å². The summed E-state index contributed by atoms with van der Waals surface area (Å²) in [7, 11) is 0. The Morgan fingerprint density at radius 1 is 1.30 bits per heavy atom. The van der Waals surface area contributed by atoms with E-state index in [4.69, 9.17) is 4.74 Å². The number of carbonyl (C=O) groups excluding carboxylic acids is 1. The second kappa shape index (κ2) is 8.68. The van der Waals surface area contributed by atoms with Gasteiger partial charge in [-0.15, -0.1) is 21.5 Å². The number of benzene rings is 1. The first kappa shape index (κ1) is 18.9. The molecule has 3 heterocycles. The zero-order valence-electron chi connectivity index (χ0n) is 14.5. The van der Waals surface area contributed by atoms with Crippen molar-refractivity contribution in [3.05, 3.63) is 51.8 Å². The summed E-state index contributed by atoms with van der Waals surface area (Å²) in [5.41, 5.74) is 0.689. The number of nitrogens with zero attached hydrogens (tertiary/aromatic N) is 3. The van der Waals surface area contributed by atoms with E-state index < -0.39 is 0 Å². The van der Waals surface area contributed by atoms with Gasteiger partial charge in [-0.3, -0.25) is 9.36 Å². The molecular weight excluding hydrogens is 446 g/mol. The molecule has 5 nitrogen and oxygen atoms in total. The van der Waals surface area contributed by atoms with E-state index in [1.54, 1.807) is 11.3 Å². The predicted molar refractivity (Wildman–Crippen MR) is 112 cm³/mol. The van der Waals surface area contributed by atoms with Crippen LogP contribution in [-0.2, 0) is 11.3 Å². The summed E-state index contributed by atoms with van der Waals surface area (Å²) in [5, 5.41) is 11.6. The lowest BCUT2D eigenvalue weighted by molar-refractivity contribution is 0.0953. The fourth-order valence-electron chi connectivity index (χ4n) is 3.04. The maximum Gasteiger partial charge on any atom is 0.192 e. The maximum absolute atomic E-state index is 12.6. The number of Topliss-reactive ketones (excluding diaryl/α,β-unsaturated/α-hetero) is 1. The van der Waals surface area contributed by atoms with Gasteiger partial charge < -0.3 is 4.74 Å². The van der Waals surface area contributed by atoms with E-state index in [0.29, 0.717) is 17.9 Å². The van der Waals surface area contributed by atoms with Crippen molar-refractivity contribution in [3.8, 4) is 10.7 Å². The SMILES string of the molecule is O=C(CSc1nnc(-c2cccs2)n1C[C@@H]1CCCO1)c1ccccc1Br. The quantitative estimate of drug-likeness (QED) is 0.367. The molecule has 2 aromatic heterocycles.